The van der Waals surface area contributed by atoms with Gasteiger partial charge in [-0.15, -0.1) is 0 Å². The van der Waals surface area contributed by atoms with Gasteiger partial charge < -0.3 is 10.2 Å². The van der Waals surface area contributed by atoms with Crippen LogP contribution in [0.4, 0.5) is 0 Å². The number of halogens is 1. The normalized spacial score (nSPS) is 18.1. The van der Waals surface area contributed by atoms with Gasteiger partial charge >= 0.3 is 0 Å². The van der Waals surface area contributed by atoms with Gasteiger partial charge in [-0.1, -0.05) is 49.9 Å². The molecule has 3 heteroatoms. The molecular formula is C18H29ClN2. The molecular weight excluding hydrogens is 280 g/mol. The first-order valence-electron chi connectivity index (χ1n) is 8.39. The molecule has 1 saturated carbocycles. The maximum absolute atomic E-state index is 6.14. The fraction of sp³-hybridized carbons (Fsp3) is 0.667. The predicted molar refractivity (Wildman–Crippen MR) is 92.0 cm³/mol. The molecule has 1 N–H and O–H groups in total. The molecule has 0 aliphatic heterocycles. The molecule has 0 amide bonds. The summed E-state index contributed by atoms with van der Waals surface area (Å²) in [6.07, 6.45) is 8.12. The lowest BCUT2D eigenvalue weighted by Crippen LogP contribution is -2.36. The van der Waals surface area contributed by atoms with Crippen molar-refractivity contribution in [3.05, 3.63) is 34.9 Å². The van der Waals surface area contributed by atoms with Gasteiger partial charge in [-0.2, -0.15) is 0 Å². The minimum atomic E-state index is 0.403. The minimum absolute atomic E-state index is 0.403. The second-order valence-electron chi connectivity index (χ2n) is 6.23. The Bertz CT molecular complexity index is 415. The third-order valence-electron chi connectivity index (χ3n) is 4.67. The molecule has 1 aliphatic rings. The monoisotopic (exact) mass is 308 g/mol. The summed E-state index contributed by atoms with van der Waals surface area (Å²) < 4.78 is 0. The highest BCUT2D eigenvalue weighted by Gasteiger charge is 2.19. The largest absolute Gasteiger partial charge is 0.310 e. The van der Waals surface area contributed by atoms with Crippen LogP contribution in [0.3, 0.4) is 0 Å². The molecule has 1 atom stereocenters. The van der Waals surface area contributed by atoms with E-state index in [4.69, 9.17) is 11.6 Å². The van der Waals surface area contributed by atoms with E-state index in [-0.39, 0.29) is 0 Å². The first-order valence-corrected chi connectivity index (χ1v) is 8.77. The molecule has 118 valence electrons. The van der Waals surface area contributed by atoms with E-state index in [9.17, 15) is 0 Å². The van der Waals surface area contributed by atoms with Gasteiger partial charge in [0.15, 0.2) is 0 Å². The summed E-state index contributed by atoms with van der Waals surface area (Å²) in [6.45, 7) is 4.31. The van der Waals surface area contributed by atoms with Crippen molar-refractivity contribution in [3.63, 3.8) is 0 Å². The summed E-state index contributed by atoms with van der Waals surface area (Å²) >= 11 is 6.14. The Labute approximate surface area is 134 Å². The topological polar surface area (TPSA) is 15.3 Å². The van der Waals surface area contributed by atoms with Crippen LogP contribution in [0.15, 0.2) is 24.3 Å². The zero-order valence-corrected chi connectivity index (χ0v) is 14.2. The predicted octanol–water partition coefficient (Wildman–Crippen LogP) is 4.65. The van der Waals surface area contributed by atoms with Crippen LogP contribution in [0, 0.1) is 0 Å². The number of benzene rings is 1. The van der Waals surface area contributed by atoms with Crippen LogP contribution in [0.25, 0.3) is 0 Å². The van der Waals surface area contributed by atoms with E-state index >= 15 is 0 Å². The molecule has 1 aliphatic carbocycles. The Morgan fingerprint density at radius 1 is 1.29 bits per heavy atom. The van der Waals surface area contributed by atoms with Gasteiger partial charge in [-0.3, -0.25) is 0 Å². The molecule has 2 rings (SSSR count). The van der Waals surface area contributed by atoms with E-state index in [1.54, 1.807) is 0 Å². The van der Waals surface area contributed by atoms with Crippen molar-refractivity contribution in [1.82, 2.24) is 10.2 Å². The second-order valence-corrected chi connectivity index (χ2v) is 6.66. The molecule has 1 aromatic carbocycles. The maximum Gasteiger partial charge on any atom is 0.0409 e. The third kappa shape index (κ3) is 5.28. The van der Waals surface area contributed by atoms with Gasteiger partial charge in [0.05, 0.1) is 0 Å². The molecule has 2 nitrogen and oxygen atoms in total. The van der Waals surface area contributed by atoms with Crippen LogP contribution in [0.5, 0.6) is 0 Å². The summed E-state index contributed by atoms with van der Waals surface area (Å²) in [7, 11) is 2.29. The summed E-state index contributed by atoms with van der Waals surface area (Å²) in [6, 6.07) is 9.46. The number of hydrogen-bond acceptors (Lipinski definition) is 2. The second kappa shape index (κ2) is 8.77. The van der Waals surface area contributed by atoms with Crippen molar-refractivity contribution >= 4 is 11.6 Å². The fourth-order valence-corrected chi connectivity index (χ4v) is 3.59. The van der Waals surface area contributed by atoms with Crippen molar-refractivity contribution in [3.8, 4) is 0 Å². The van der Waals surface area contributed by atoms with Gasteiger partial charge in [0, 0.05) is 17.1 Å². The molecule has 0 bridgehead atoms. The molecule has 0 spiro atoms. The molecule has 1 fully saturated rings. The van der Waals surface area contributed by atoms with Crippen LogP contribution >= 0.6 is 11.6 Å². The summed E-state index contributed by atoms with van der Waals surface area (Å²) in [5.74, 6) is 0. The van der Waals surface area contributed by atoms with Crippen LogP contribution in [-0.4, -0.2) is 31.1 Å². The van der Waals surface area contributed by atoms with E-state index in [0.717, 1.165) is 30.6 Å². The van der Waals surface area contributed by atoms with Gasteiger partial charge in [-0.25, -0.2) is 0 Å². The Morgan fingerprint density at radius 3 is 2.71 bits per heavy atom. The fourth-order valence-electron chi connectivity index (χ4n) is 3.39. The zero-order valence-electron chi connectivity index (χ0n) is 13.4. The highest BCUT2D eigenvalue weighted by atomic mass is 35.5. The van der Waals surface area contributed by atoms with Gasteiger partial charge in [0.1, 0.15) is 0 Å². The molecule has 0 radical (unpaired) electrons. The lowest BCUT2D eigenvalue weighted by Gasteiger charge is -2.32. The van der Waals surface area contributed by atoms with Crippen LogP contribution in [0.2, 0.25) is 5.02 Å². The van der Waals surface area contributed by atoms with Crippen molar-refractivity contribution in [2.45, 2.75) is 57.5 Å². The Kier molecular flexibility index (Phi) is 7.01. The number of nitrogens with one attached hydrogen (secondary N) is 1. The van der Waals surface area contributed by atoms with E-state index in [1.165, 1.54) is 37.7 Å². The van der Waals surface area contributed by atoms with Crippen molar-refractivity contribution < 1.29 is 0 Å². The average Bonchev–Trinajstić information content (AvgIpc) is 2.52. The van der Waals surface area contributed by atoms with Crippen LogP contribution < -0.4 is 5.32 Å². The molecule has 1 unspecified atom stereocenters. The highest BCUT2D eigenvalue weighted by molar-refractivity contribution is 6.30. The third-order valence-corrected chi connectivity index (χ3v) is 4.91. The van der Waals surface area contributed by atoms with Crippen LogP contribution in [-0.2, 0) is 0 Å². The van der Waals surface area contributed by atoms with E-state index in [2.05, 4.69) is 36.3 Å². The number of hydrogen-bond donors (Lipinski definition) is 1. The van der Waals surface area contributed by atoms with E-state index in [0.29, 0.717) is 6.04 Å². The molecule has 0 heterocycles. The quantitative estimate of drug-likeness (QED) is 0.789. The van der Waals surface area contributed by atoms with E-state index in [1.807, 2.05) is 12.1 Å². The summed E-state index contributed by atoms with van der Waals surface area (Å²) in [4.78, 5) is 2.56. The SMILES string of the molecule is CCNC(CCN(C)C1CCCCC1)c1cccc(Cl)c1. The Balaban J connectivity index is 1.90. The zero-order chi connectivity index (χ0) is 15.1. The van der Waals surface area contributed by atoms with Crippen molar-refractivity contribution in [2.75, 3.05) is 20.1 Å². The minimum Gasteiger partial charge on any atom is -0.310 e. The van der Waals surface area contributed by atoms with Crippen molar-refractivity contribution in [2.24, 2.45) is 0 Å². The van der Waals surface area contributed by atoms with E-state index < -0.39 is 0 Å². The Morgan fingerprint density at radius 2 is 2.05 bits per heavy atom. The van der Waals surface area contributed by atoms with Gasteiger partial charge in [-0.05, 0) is 57.1 Å². The standard InChI is InChI=1S/C18H29ClN2/c1-3-20-18(15-8-7-9-16(19)14-15)12-13-21(2)17-10-5-4-6-11-17/h7-9,14,17-18,20H,3-6,10-13H2,1-2H3. The summed E-state index contributed by atoms with van der Waals surface area (Å²) in [5, 5.41) is 4.43. The smallest absolute Gasteiger partial charge is 0.0409 e. The molecule has 1 aromatic rings. The molecule has 21 heavy (non-hydrogen) atoms. The highest BCUT2D eigenvalue weighted by Crippen LogP contribution is 2.24. The molecule has 0 saturated heterocycles. The number of nitrogens with zero attached hydrogens (tertiary/aromatic N) is 1. The summed E-state index contributed by atoms with van der Waals surface area (Å²) in [5.41, 5.74) is 1.31. The number of rotatable bonds is 7. The first kappa shape index (κ1) is 16.8. The Hall–Kier alpha value is -0.570. The first-order chi connectivity index (χ1) is 10.2. The lowest BCUT2D eigenvalue weighted by atomic mass is 9.94. The van der Waals surface area contributed by atoms with Crippen LogP contribution in [0.1, 0.15) is 57.1 Å². The van der Waals surface area contributed by atoms with Gasteiger partial charge in [0.25, 0.3) is 0 Å². The van der Waals surface area contributed by atoms with Crippen molar-refractivity contribution in [1.29, 1.82) is 0 Å². The lowest BCUT2D eigenvalue weighted by molar-refractivity contribution is 0.183. The average molecular weight is 309 g/mol. The maximum atomic E-state index is 6.14. The molecule has 0 aromatic heterocycles. The van der Waals surface area contributed by atoms with Gasteiger partial charge in [0.2, 0.25) is 0 Å².